The molecule has 1 aromatic heterocycles. The van der Waals surface area contributed by atoms with Crippen LogP contribution in [0.4, 0.5) is 0 Å². The van der Waals surface area contributed by atoms with E-state index in [9.17, 15) is 4.79 Å². The first-order chi connectivity index (χ1) is 7.16. The number of carbonyl (C=O) groups is 1. The van der Waals surface area contributed by atoms with Crippen molar-refractivity contribution in [2.24, 2.45) is 5.92 Å². The van der Waals surface area contributed by atoms with Crippen LogP contribution >= 0.6 is 11.3 Å². The fourth-order valence-electron chi connectivity index (χ4n) is 1.93. The predicted molar refractivity (Wildman–Crippen MR) is 60.1 cm³/mol. The number of hydrogen-bond donors (Lipinski definition) is 1. The zero-order valence-electron chi connectivity index (χ0n) is 8.77. The van der Waals surface area contributed by atoms with Gasteiger partial charge >= 0.3 is 5.97 Å². The second kappa shape index (κ2) is 4.33. The summed E-state index contributed by atoms with van der Waals surface area (Å²) in [6.45, 7) is 4.33. The van der Waals surface area contributed by atoms with E-state index in [2.05, 4.69) is 16.3 Å². The molecule has 2 heterocycles. The second-order valence-electron chi connectivity index (χ2n) is 4.09. The van der Waals surface area contributed by atoms with Gasteiger partial charge in [-0.1, -0.05) is 6.92 Å². The summed E-state index contributed by atoms with van der Waals surface area (Å²) in [5, 5.41) is 11.0. The number of nitrogens with zero attached hydrogens (tertiary/aromatic N) is 1. The van der Waals surface area contributed by atoms with Crippen molar-refractivity contribution in [1.82, 2.24) is 4.90 Å². The standard InChI is InChI=1S/C11H15NO2S/c1-8(11(13)14)6-12-4-2-10-9(7-12)3-5-15-10/h3,5,8H,2,4,6-7H2,1H3,(H,13,14). The summed E-state index contributed by atoms with van der Waals surface area (Å²) >= 11 is 1.81. The van der Waals surface area contributed by atoms with Crippen molar-refractivity contribution < 1.29 is 9.90 Å². The second-order valence-corrected chi connectivity index (χ2v) is 5.09. The van der Waals surface area contributed by atoms with Crippen molar-refractivity contribution in [3.05, 3.63) is 21.9 Å². The number of carboxylic acids is 1. The Morgan fingerprint density at radius 3 is 3.27 bits per heavy atom. The molecule has 1 aliphatic rings. The van der Waals surface area contributed by atoms with Gasteiger partial charge in [0.05, 0.1) is 5.92 Å². The van der Waals surface area contributed by atoms with E-state index in [1.165, 1.54) is 10.4 Å². The molecule has 1 aromatic rings. The molecule has 3 nitrogen and oxygen atoms in total. The highest BCUT2D eigenvalue weighted by atomic mass is 32.1. The van der Waals surface area contributed by atoms with Crippen molar-refractivity contribution in [3.63, 3.8) is 0 Å². The summed E-state index contributed by atoms with van der Waals surface area (Å²) in [5.41, 5.74) is 1.38. The first-order valence-corrected chi connectivity index (χ1v) is 6.05. The van der Waals surface area contributed by atoms with Gasteiger partial charge in [0.25, 0.3) is 0 Å². The number of fused-ring (bicyclic) bond motifs is 1. The van der Waals surface area contributed by atoms with Crippen LogP contribution in [-0.4, -0.2) is 29.1 Å². The third-order valence-electron chi connectivity index (χ3n) is 2.84. The first kappa shape index (κ1) is 10.6. The molecule has 0 saturated heterocycles. The quantitative estimate of drug-likeness (QED) is 0.853. The van der Waals surface area contributed by atoms with E-state index in [0.717, 1.165) is 19.5 Å². The number of aliphatic carboxylic acids is 1. The highest BCUT2D eigenvalue weighted by Crippen LogP contribution is 2.24. The monoisotopic (exact) mass is 225 g/mol. The molecule has 1 unspecified atom stereocenters. The van der Waals surface area contributed by atoms with Crippen LogP contribution in [0.25, 0.3) is 0 Å². The Bertz CT molecular complexity index is 361. The highest BCUT2D eigenvalue weighted by molar-refractivity contribution is 7.10. The fraction of sp³-hybridized carbons (Fsp3) is 0.545. The average molecular weight is 225 g/mol. The van der Waals surface area contributed by atoms with Crippen LogP contribution in [0.2, 0.25) is 0 Å². The molecular weight excluding hydrogens is 210 g/mol. The largest absolute Gasteiger partial charge is 0.481 e. The molecule has 1 aliphatic heterocycles. The summed E-state index contributed by atoms with van der Waals surface area (Å²) in [5.74, 6) is -0.976. The lowest BCUT2D eigenvalue weighted by Gasteiger charge is -2.28. The summed E-state index contributed by atoms with van der Waals surface area (Å²) < 4.78 is 0. The normalized spacial score (nSPS) is 18.5. The van der Waals surface area contributed by atoms with Gasteiger partial charge < -0.3 is 5.11 Å². The minimum atomic E-state index is -0.703. The Balaban J connectivity index is 1.95. The molecule has 15 heavy (non-hydrogen) atoms. The van der Waals surface area contributed by atoms with E-state index in [4.69, 9.17) is 5.11 Å². The van der Waals surface area contributed by atoms with E-state index < -0.39 is 5.97 Å². The molecule has 82 valence electrons. The summed E-state index contributed by atoms with van der Waals surface area (Å²) in [6.07, 6.45) is 1.07. The summed E-state index contributed by atoms with van der Waals surface area (Å²) in [4.78, 5) is 14.4. The molecule has 0 amide bonds. The Morgan fingerprint density at radius 2 is 2.53 bits per heavy atom. The lowest BCUT2D eigenvalue weighted by molar-refractivity contribution is -0.141. The lowest BCUT2D eigenvalue weighted by Crippen LogP contribution is -2.35. The van der Waals surface area contributed by atoms with E-state index in [0.29, 0.717) is 6.54 Å². The highest BCUT2D eigenvalue weighted by Gasteiger charge is 2.21. The van der Waals surface area contributed by atoms with E-state index >= 15 is 0 Å². The summed E-state index contributed by atoms with van der Waals surface area (Å²) in [7, 11) is 0. The molecule has 2 rings (SSSR count). The molecule has 0 aromatic carbocycles. The Morgan fingerprint density at radius 1 is 1.73 bits per heavy atom. The van der Waals surface area contributed by atoms with Crippen molar-refractivity contribution >= 4 is 17.3 Å². The third kappa shape index (κ3) is 2.38. The van der Waals surface area contributed by atoms with Crippen LogP contribution in [-0.2, 0) is 17.8 Å². The zero-order valence-corrected chi connectivity index (χ0v) is 9.59. The number of hydrogen-bond acceptors (Lipinski definition) is 3. The van der Waals surface area contributed by atoms with E-state index in [-0.39, 0.29) is 5.92 Å². The maximum absolute atomic E-state index is 10.7. The predicted octanol–water partition coefficient (Wildman–Crippen LogP) is 1.83. The molecule has 0 bridgehead atoms. The molecular formula is C11H15NO2S. The zero-order chi connectivity index (χ0) is 10.8. The van der Waals surface area contributed by atoms with Crippen molar-refractivity contribution in [3.8, 4) is 0 Å². The minimum Gasteiger partial charge on any atom is -0.481 e. The van der Waals surface area contributed by atoms with Crippen LogP contribution in [0.5, 0.6) is 0 Å². The van der Waals surface area contributed by atoms with Crippen molar-refractivity contribution in [2.45, 2.75) is 19.9 Å². The third-order valence-corrected chi connectivity index (χ3v) is 3.86. The van der Waals surface area contributed by atoms with Gasteiger partial charge in [0.15, 0.2) is 0 Å². The number of carboxylic acid groups (broad SMARTS) is 1. The van der Waals surface area contributed by atoms with Gasteiger partial charge in [0, 0.05) is 24.5 Å². The van der Waals surface area contributed by atoms with Crippen LogP contribution in [0.15, 0.2) is 11.4 Å². The minimum absolute atomic E-state index is 0.273. The van der Waals surface area contributed by atoms with Gasteiger partial charge in [-0.25, -0.2) is 0 Å². The average Bonchev–Trinajstić information content (AvgIpc) is 2.64. The van der Waals surface area contributed by atoms with Gasteiger partial charge in [0.1, 0.15) is 0 Å². The van der Waals surface area contributed by atoms with Crippen LogP contribution in [0, 0.1) is 5.92 Å². The lowest BCUT2D eigenvalue weighted by atomic mass is 10.1. The van der Waals surface area contributed by atoms with Crippen LogP contribution in [0.3, 0.4) is 0 Å². The molecule has 0 fully saturated rings. The topological polar surface area (TPSA) is 40.5 Å². The number of rotatable bonds is 3. The van der Waals surface area contributed by atoms with Gasteiger partial charge in [-0.2, -0.15) is 0 Å². The fourth-order valence-corrected chi connectivity index (χ4v) is 2.82. The summed E-state index contributed by atoms with van der Waals surface area (Å²) in [6, 6.07) is 2.15. The molecule has 0 aliphatic carbocycles. The molecule has 1 atom stereocenters. The SMILES string of the molecule is CC(CN1CCc2sccc2C1)C(=O)O. The Labute approximate surface area is 93.3 Å². The van der Waals surface area contributed by atoms with Crippen molar-refractivity contribution in [2.75, 3.05) is 13.1 Å². The Hall–Kier alpha value is -0.870. The van der Waals surface area contributed by atoms with Crippen LogP contribution < -0.4 is 0 Å². The van der Waals surface area contributed by atoms with Gasteiger partial charge in [0.2, 0.25) is 0 Å². The maximum Gasteiger partial charge on any atom is 0.307 e. The van der Waals surface area contributed by atoms with E-state index in [1.807, 2.05) is 11.3 Å². The van der Waals surface area contributed by atoms with Gasteiger partial charge in [-0.15, -0.1) is 11.3 Å². The molecule has 0 saturated carbocycles. The number of thiophene rings is 1. The molecule has 4 heteroatoms. The van der Waals surface area contributed by atoms with Gasteiger partial charge in [-0.05, 0) is 23.4 Å². The maximum atomic E-state index is 10.7. The molecule has 0 spiro atoms. The molecule has 1 N–H and O–H groups in total. The Kier molecular flexibility index (Phi) is 3.07. The van der Waals surface area contributed by atoms with Gasteiger partial charge in [-0.3, -0.25) is 9.69 Å². The van der Waals surface area contributed by atoms with Crippen molar-refractivity contribution in [1.29, 1.82) is 0 Å². The van der Waals surface area contributed by atoms with E-state index in [1.54, 1.807) is 6.92 Å². The molecule has 0 radical (unpaired) electrons. The van der Waals surface area contributed by atoms with Crippen LogP contribution in [0.1, 0.15) is 17.4 Å². The smallest absolute Gasteiger partial charge is 0.307 e. The first-order valence-electron chi connectivity index (χ1n) is 5.17.